The van der Waals surface area contributed by atoms with Crippen molar-refractivity contribution in [1.29, 1.82) is 0 Å². The van der Waals surface area contributed by atoms with Crippen molar-refractivity contribution in [2.75, 3.05) is 39.3 Å². The maximum absolute atomic E-state index is 13.1. The third kappa shape index (κ3) is 6.73. The molecule has 8 heteroatoms. The highest BCUT2D eigenvalue weighted by molar-refractivity contribution is 7.89. The summed E-state index contributed by atoms with van der Waals surface area (Å²) in [5, 5.41) is 3.08. The second-order valence-electron chi connectivity index (χ2n) is 8.85. The number of amides is 1. The second-order valence-corrected chi connectivity index (χ2v) is 10.8. The fourth-order valence-corrected chi connectivity index (χ4v) is 6.06. The molecule has 3 rings (SSSR count). The molecule has 1 heterocycles. The van der Waals surface area contributed by atoms with Crippen LogP contribution in [-0.2, 0) is 14.8 Å². The molecule has 0 radical (unpaired) electrons. The van der Waals surface area contributed by atoms with E-state index in [4.69, 9.17) is 0 Å². The van der Waals surface area contributed by atoms with Crippen molar-refractivity contribution in [3.8, 4) is 0 Å². The van der Waals surface area contributed by atoms with Crippen molar-refractivity contribution in [2.24, 2.45) is 11.8 Å². The first-order chi connectivity index (χ1) is 14.9. The summed E-state index contributed by atoms with van der Waals surface area (Å²) in [5.74, 6) is 0.670. The Balaban J connectivity index is 1.35. The Morgan fingerprint density at radius 2 is 1.71 bits per heavy atom. The molecule has 2 fully saturated rings. The van der Waals surface area contributed by atoms with E-state index in [1.165, 1.54) is 60.7 Å². The molecule has 1 amide bonds. The Hall–Kier alpha value is -1.51. The molecule has 1 saturated carbocycles. The van der Waals surface area contributed by atoms with Gasteiger partial charge >= 0.3 is 0 Å². The van der Waals surface area contributed by atoms with Crippen LogP contribution in [0.1, 0.15) is 51.9 Å². The lowest BCUT2D eigenvalue weighted by Crippen LogP contribution is -2.50. The molecule has 0 bridgehead atoms. The SMILES string of the molecule is CCCCC1CCC(C(=O)NCCN2CCN(S(=O)(=O)c3ccc(F)cc3)CC2)CC1. The average Bonchev–Trinajstić information content (AvgIpc) is 2.78. The van der Waals surface area contributed by atoms with Gasteiger partial charge in [0.2, 0.25) is 15.9 Å². The molecule has 1 aromatic carbocycles. The van der Waals surface area contributed by atoms with Gasteiger partial charge in [0.05, 0.1) is 4.90 Å². The predicted octanol–water partition coefficient (Wildman–Crippen LogP) is 3.24. The molecule has 0 aromatic heterocycles. The van der Waals surface area contributed by atoms with Crippen molar-refractivity contribution in [3.63, 3.8) is 0 Å². The molecular weight excluding hydrogens is 417 g/mol. The van der Waals surface area contributed by atoms with Crippen molar-refractivity contribution >= 4 is 15.9 Å². The summed E-state index contributed by atoms with van der Waals surface area (Å²) in [4.78, 5) is 14.8. The summed E-state index contributed by atoms with van der Waals surface area (Å²) in [5.41, 5.74) is 0. The van der Waals surface area contributed by atoms with Crippen molar-refractivity contribution in [1.82, 2.24) is 14.5 Å². The number of nitrogens with one attached hydrogen (secondary N) is 1. The lowest BCUT2D eigenvalue weighted by molar-refractivity contribution is -0.126. The van der Waals surface area contributed by atoms with E-state index in [1.807, 2.05) is 0 Å². The van der Waals surface area contributed by atoms with Crippen LogP contribution < -0.4 is 5.32 Å². The summed E-state index contributed by atoms with van der Waals surface area (Å²) < 4.78 is 39.9. The number of nitrogens with zero attached hydrogens (tertiary/aromatic N) is 2. The highest BCUT2D eigenvalue weighted by Gasteiger charge is 2.29. The van der Waals surface area contributed by atoms with E-state index in [0.29, 0.717) is 32.7 Å². The highest BCUT2D eigenvalue weighted by Crippen LogP contribution is 2.31. The van der Waals surface area contributed by atoms with E-state index >= 15 is 0 Å². The molecule has 1 N–H and O–H groups in total. The number of sulfonamides is 1. The molecule has 1 aliphatic heterocycles. The topological polar surface area (TPSA) is 69.7 Å². The van der Waals surface area contributed by atoms with Crippen LogP contribution in [-0.4, -0.2) is 62.8 Å². The smallest absolute Gasteiger partial charge is 0.243 e. The van der Waals surface area contributed by atoms with Crippen LogP contribution in [0.2, 0.25) is 0 Å². The van der Waals surface area contributed by atoms with Crippen molar-refractivity contribution in [3.05, 3.63) is 30.1 Å². The Morgan fingerprint density at radius 3 is 2.32 bits per heavy atom. The van der Waals surface area contributed by atoms with Crippen molar-refractivity contribution < 1.29 is 17.6 Å². The van der Waals surface area contributed by atoms with Gasteiger partial charge in [-0.3, -0.25) is 9.69 Å². The van der Waals surface area contributed by atoms with E-state index in [2.05, 4.69) is 17.1 Å². The van der Waals surface area contributed by atoms with E-state index in [1.54, 1.807) is 0 Å². The fraction of sp³-hybridized carbons (Fsp3) is 0.696. The highest BCUT2D eigenvalue weighted by atomic mass is 32.2. The number of hydrogen-bond acceptors (Lipinski definition) is 4. The van der Waals surface area contributed by atoms with Crippen LogP contribution in [0.4, 0.5) is 4.39 Å². The third-order valence-electron chi connectivity index (χ3n) is 6.69. The number of carbonyl (C=O) groups is 1. The molecule has 0 atom stereocenters. The normalized spacial score (nSPS) is 23.5. The Labute approximate surface area is 186 Å². The molecule has 0 unspecified atom stereocenters. The number of benzene rings is 1. The zero-order valence-corrected chi connectivity index (χ0v) is 19.4. The van der Waals surface area contributed by atoms with Gasteiger partial charge in [-0.15, -0.1) is 0 Å². The maximum atomic E-state index is 13.1. The first-order valence-electron chi connectivity index (χ1n) is 11.7. The summed E-state index contributed by atoms with van der Waals surface area (Å²) in [6.45, 7) is 5.59. The van der Waals surface area contributed by atoms with Gasteiger partial charge in [0.1, 0.15) is 5.82 Å². The summed E-state index contributed by atoms with van der Waals surface area (Å²) in [6.07, 6.45) is 8.17. The second kappa shape index (κ2) is 11.4. The average molecular weight is 454 g/mol. The summed E-state index contributed by atoms with van der Waals surface area (Å²) >= 11 is 0. The quantitative estimate of drug-likeness (QED) is 0.623. The standard InChI is InChI=1S/C23H36FN3O3S/c1-2-3-4-19-5-7-20(8-6-19)23(28)25-13-14-26-15-17-27(18-16-26)31(29,30)22-11-9-21(24)10-12-22/h9-12,19-20H,2-8,13-18H2,1H3,(H,25,28). The zero-order chi connectivity index (χ0) is 22.3. The number of unbranched alkanes of at least 4 members (excludes halogenated alkanes) is 1. The van der Waals surface area contributed by atoms with Crippen molar-refractivity contribution in [2.45, 2.75) is 56.8 Å². The number of carbonyl (C=O) groups excluding carboxylic acids is 1. The van der Waals surface area contributed by atoms with Crippen LogP contribution in [0.15, 0.2) is 29.2 Å². The number of piperazine rings is 1. The number of halogens is 1. The van der Waals surface area contributed by atoms with Gasteiger partial charge in [0.15, 0.2) is 0 Å². The van der Waals surface area contributed by atoms with Crippen LogP contribution in [0.3, 0.4) is 0 Å². The first kappa shape index (κ1) is 24.1. The monoisotopic (exact) mass is 453 g/mol. The van der Waals surface area contributed by atoms with Crippen LogP contribution in [0.5, 0.6) is 0 Å². The van der Waals surface area contributed by atoms with Gasteiger partial charge in [0.25, 0.3) is 0 Å². The Bertz CT molecular complexity index is 800. The Kier molecular flexibility index (Phi) is 8.86. The predicted molar refractivity (Wildman–Crippen MR) is 120 cm³/mol. The zero-order valence-electron chi connectivity index (χ0n) is 18.6. The molecule has 6 nitrogen and oxygen atoms in total. The van der Waals surface area contributed by atoms with Gasteiger partial charge in [-0.05, 0) is 55.9 Å². The lowest BCUT2D eigenvalue weighted by Gasteiger charge is -2.34. The van der Waals surface area contributed by atoms with Crippen LogP contribution in [0, 0.1) is 17.7 Å². The molecule has 0 spiro atoms. The van der Waals surface area contributed by atoms with Gasteiger partial charge in [-0.2, -0.15) is 4.31 Å². The molecular formula is C23H36FN3O3S. The van der Waals surface area contributed by atoms with E-state index in [0.717, 1.165) is 25.3 Å². The summed E-state index contributed by atoms with van der Waals surface area (Å²) in [7, 11) is -3.59. The third-order valence-corrected chi connectivity index (χ3v) is 8.61. The molecule has 174 valence electrons. The van der Waals surface area contributed by atoms with Gasteiger partial charge in [-0.25, -0.2) is 12.8 Å². The Morgan fingerprint density at radius 1 is 1.06 bits per heavy atom. The minimum atomic E-state index is -3.59. The molecule has 1 aliphatic carbocycles. The minimum absolute atomic E-state index is 0.124. The van der Waals surface area contributed by atoms with Crippen LogP contribution >= 0.6 is 0 Å². The first-order valence-corrected chi connectivity index (χ1v) is 13.1. The van der Waals surface area contributed by atoms with Gasteiger partial charge < -0.3 is 5.32 Å². The summed E-state index contributed by atoms with van der Waals surface area (Å²) in [6, 6.07) is 4.96. The molecule has 1 aromatic rings. The molecule has 2 aliphatic rings. The van der Waals surface area contributed by atoms with E-state index in [-0.39, 0.29) is 16.7 Å². The molecule has 31 heavy (non-hydrogen) atoms. The van der Waals surface area contributed by atoms with E-state index in [9.17, 15) is 17.6 Å². The number of rotatable bonds is 9. The lowest BCUT2D eigenvalue weighted by atomic mass is 9.79. The fourth-order valence-electron chi connectivity index (χ4n) is 4.64. The maximum Gasteiger partial charge on any atom is 0.243 e. The molecule has 1 saturated heterocycles. The van der Waals surface area contributed by atoms with Gasteiger partial charge in [-0.1, -0.05) is 26.2 Å². The van der Waals surface area contributed by atoms with Crippen LogP contribution in [0.25, 0.3) is 0 Å². The van der Waals surface area contributed by atoms with Gasteiger partial charge in [0, 0.05) is 45.2 Å². The largest absolute Gasteiger partial charge is 0.355 e. The van der Waals surface area contributed by atoms with E-state index < -0.39 is 15.8 Å². The minimum Gasteiger partial charge on any atom is -0.355 e. The number of hydrogen-bond donors (Lipinski definition) is 1.